The smallest absolute Gasteiger partial charge is 0.319 e. The van der Waals surface area contributed by atoms with Crippen molar-refractivity contribution in [3.05, 3.63) is 30.5 Å². The molecule has 2 amide bonds. The number of hydrogen-bond acceptors (Lipinski definition) is 2. The zero-order chi connectivity index (χ0) is 17.0. The average molecular weight is 335 g/mol. The Kier molecular flexibility index (Phi) is 5.82. The van der Waals surface area contributed by atoms with Crippen molar-refractivity contribution in [3.8, 4) is 0 Å². The van der Waals surface area contributed by atoms with Crippen LogP contribution in [0.2, 0.25) is 0 Å². The van der Waals surface area contributed by atoms with Crippen LogP contribution < -0.4 is 10.6 Å². The van der Waals surface area contributed by atoms with Gasteiger partial charge in [-0.2, -0.15) is 0 Å². The Morgan fingerprint density at radius 2 is 2.00 bits per heavy atom. The first kappa shape index (κ1) is 17.5. The van der Waals surface area contributed by atoms with Gasteiger partial charge in [0.15, 0.2) is 0 Å². The van der Waals surface area contributed by atoms with E-state index in [0.29, 0.717) is 11.7 Å². The Morgan fingerprint density at radius 1 is 1.26 bits per heavy atom. The van der Waals surface area contributed by atoms with Crippen LogP contribution in [0, 0.1) is 5.92 Å². The molecule has 2 rings (SSSR count). The normalized spacial score (nSPS) is 14.0. The van der Waals surface area contributed by atoms with Crippen molar-refractivity contribution in [2.24, 2.45) is 5.92 Å². The van der Waals surface area contributed by atoms with Gasteiger partial charge in [0.25, 0.3) is 0 Å². The Morgan fingerprint density at radius 3 is 2.65 bits per heavy atom. The van der Waals surface area contributed by atoms with E-state index < -0.39 is 10.8 Å². The second-order valence-electron chi connectivity index (χ2n) is 6.37. The summed E-state index contributed by atoms with van der Waals surface area (Å²) in [6, 6.07) is 7.55. The van der Waals surface area contributed by atoms with Gasteiger partial charge in [0.05, 0.1) is 0 Å². The molecule has 0 aliphatic heterocycles. The van der Waals surface area contributed by atoms with Gasteiger partial charge in [-0.05, 0) is 37.1 Å². The fourth-order valence-corrected chi connectivity index (χ4v) is 3.40. The molecular formula is C17H25N3O2S. The summed E-state index contributed by atoms with van der Waals surface area (Å²) in [6.07, 6.45) is 3.71. The maximum Gasteiger partial charge on any atom is 0.319 e. The number of amides is 2. The molecule has 0 spiro atoms. The van der Waals surface area contributed by atoms with Crippen LogP contribution in [0.25, 0.3) is 10.9 Å². The lowest BCUT2D eigenvalue weighted by Gasteiger charge is -2.13. The van der Waals surface area contributed by atoms with Gasteiger partial charge >= 0.3 is 6.03 Å². The Bertz CT molecular complexity index is 709. The Hall–Kier alpha value is -1.82. The first-order valence-electron chi connectivity index (χ1n) is 7.81. The van der Waals surface area contributed by atoms with Crippen LogP contribution in [-0.2, 0) is 17.3 Å². The van der Waals surface area contributed by atoms with Crippen LogP contribution in [0.4, 0.5) is 10.5 Å². The second-order valence-corrected chi connectivity index (χ2v) is 7.85. The topological polar surface area (TPSA) is 63.1 Å². The predicted octanol–water partition coefficient (Wildman–Crippen LogP) is 3.19. The minimum Gasteiger partial charge on any atom is -0.347 e. The van der Waals surface area contributed by atoms with Crippen molar-refractivity contribution in [2.75, 3.05) is 17.3 Å². The standard InChI is InChI=1S/C17H25N3O2S/c1-12(2)10-20-8-7-14-9-15(5-6-16(14)20)19-17(21)18-13(3)11-23(4)22/h5-9,12-13H,10-11H2,1-4H3,(H2,18,19,21)/t13-,23-/m0/s1. The SMILES string of the molecule is CC(C)Cn1ccc2cc(NC(=O)N[C@@H](C)C[S@](C)=O)ccc21. The number of carbonyl (C=O) groups excluding carboxylic acids is 1. The van der Waals surface area contributed by atoms with E-state index in [1.807, 2.05) is 25.1 Å². The molecule has 0 bridgehead atoms. The number of rotatable bonds is 6. The molecule has 2 atom stereocenters. The largest absolute Gasteiger partial charge is 0.347 e. The first-order chi connectivity index (χ1) is 10.8. The van der Waals surface area contributed by atoms with Crippen molar-refractivity contribution in [3.63, 3.8) is 0 Å². The predicted molar refractivity (Wildman–Crippen MR) is 97.3 cm³/mol. The lowest BCUT2D eigenvalue weighted by atomic mass is 10.2. The summed E-state index contributed by atoms with van der Waals surface area (Å²) < 4.78 is 13.4. The number of nitrogens with one attached hydrogen (secondary N) is 2. The van der Waals surface area contributed by atoms with Gasteiger partial charge in [-0.15, -0.1) is 0 Å². The average Bonchev–Trinajstić information content (AvgIpc) is 2.79. The highest BCUT2D eigenvalue weighted by Gasteiger charge is 2.10. The highest BCUT2D eigenvalue weighted by Crippen LogP contribution is 2.21. The van der Waals surface area contributed by atoms with Crippen molar-refractivity contribution < 1.29 is 9.00 Å². The molecule has 0 aliphatic rings. The van der Waals surface area contributed by atoms with E-state index in [1.165, 1.54) is 5.52 Å². The van der Waals surface area contributed by atoms with Crippen molar-refractivity contribution in [1.29, 1.82) is 0 Å². The summed E-state index contributed by atoms with van der Waals surface area (Å²) in [6.45, 7) is 7.20. The lowest BCUT2D eigenvalue weighted by molar-refractivity contribution is 0.250. The van der Waals surface area contributed by atoms with Crippen LogP contribution in [0.3, 0.4) is 0 Å². The Labute approximate surface area is 139 Å². The molecule has 2 N–H and O–H groups in total. The third kappa shape index (κ3) is 5.10. The fraction of sp³-hybridized carbons (Fsp3) is 0.471. The third-order valence-electron chi connectivity index (χ3n) is 3.45. The van der Waals surface area contributed by atoms with E-state index in [2.05, 4.69) is 41.3 Å². The van der Waals surface area contributed by atoms with Crippen LogP contribution in [0.5, 0.6) is 0 Å². The number of nitrogens with zero attached hydrogens (tertiary/aromatic N) is 1. The number of benzene rings is 1. The van der Waals surface area contributed by atoms with Crippen molar-refractivity contribution in [1.82, 2.24) is 9.88 Å². The van der Waals surface area contributed by atoms with Gasteiger partial charge in [0.1, 0.15) is 0 Å². The van der Waals surface area contributed by atoms with Crippen LogP contribution in [-0.4, -0.2) is 32.9 Å². The Balaban J connectivity index is 2.03. The van der Waals surface area contributed by atoms with E-state index in [-0.39, 0.29) is 12.1 Å². The van der Waals surface area contributed by atoms with E-state index in [9.17, 15) is 9.00 Å². The molecule has 1 heterocycles. The zero-order valence-electron chi connectivity index (χ0n) is 14.1. The maximum atomic E-state index is 12.0. The zero-order valence-corrected chi connectivity index (χ0v) is 14.9. The summed E-state index contributed by atoms with van der Waals surface area (Å²) in [7, 11) is -0.925. The van der Waals surface area contributed by atoms with Gasteiger partial charge in [-0.1, -0.05) is 13.8 Å². The number of hydrogen-bond donors (Lipinski definition) is 2. The summed E-state index contributed by atoms with van der Waals surface area (Å²) in [4.78, 5) is 12.0. The van der Waals surface area contributed by atoms with E-state index in [0.717, 1.165) is 17.6 Å². The molecule has 23 heavy (non-hydrogen) atoms. The molecule has 6 heteroatoms. The number of fused-ring (bicyclic) bond motifs is 1. The molecule has 0 radical (unpaired) electrons. The van der Waals surface area contributed by atoms with Gasteiger partial charge in [0, 0.05) is 58.2 Å². The highest BCUT2D eigenvalue weighted by atomic mass is 32.2. The molecule has 0 saturated carbocycles. The highest BCUT2D eigenvalue weighted by molar-refractivity contribution is 7.84. The number of aromatic nitrogens is 1. The first-order valence-corrected chi connectivity index (χ1v) is 9.54. The quantitative estimate of drug-likeness (QED) is 0.851. The molecule has 0 unspecified atom stereocenters. The summed E-state index contributed by atoms with van der Waals surface area (Å²) in [5.74, 6) is 1.03. The second kappa shape index (κ2) is 7.64. The molecule has 2 aromatic rings. The molecule has 126 valence electrons. The van der Waals surface area contributed by atoms with Crippen molar-refractivity contribution >= 4 is 33.4 Å². The van der Waals surface area contributed by atoms with Crippen molar-refractivity contribution in [2.45, 2.75) is 33.4 Å². The molecule has 0 aliphatic carbocycles. The third-order valence-corrected chi connectivity index (χ3v) is 4.42. The molecule has 0 saturated heterocycles. The minimum atomic E-state index is -0.925. The molecule has 1 aromatic carbocycles. The number of carbonyl (C=O) groups is 1. The molecular weight excluding hydrogens is 310 g/mol. The van der Waals surface area contributed by atoms with Gasteiger partial charge < -0.3 is 15.2 Å². The van der Waals surface area contributed by atoms with Crippen LogP contribution >= 0.6 is 0 Å². The molecule has 5 nitrogen and oxygen atoms in total. The van der Waals surface area contributed by atoms with Crippen LogP contribution in [0.15, 0.2) is 30.5 Å². The monoisotopic (exact) mass is 335 g/mol. The number of urea groups is 1. The summed E-state index contributed by atoms with van der Waals surface area (Å²) in [5.41, 5.74) is 1.92. The van der Waals surface area contributed by atoms with E-state index in [1.54, 1.807) is 6.26 Å². The minimum absolute atomic E-state index is 0.128. The van der Waals surface area contributed by atoms with Gasteiger partial charge in [-0.3, -0.25) is 4.21 Å². The molecule has 1 aromatic heterocycles. The summed E-state index contributed by atoms with van der Waals surface area (Å²) in [5, 5.41) is 6.72. The summed E-state index contributed by atoms with van der Waals surface area (Å²) >= 11 is 0. The van der Waals surface area contributed by atoms with E-state index >= 15 is 0 Å². The fourth-order valence-electron chi connectivity index (χ4n) is 2.62. The van der Waals surface area contributed by atoms with Crippen LogP contribution in [0.1, 0.15) is 20.8 Å². The molecule has 0 fully saturated rings. The van der Waals surface area contributed by atoms with E-state index in [4.69, 9.17) is 0 Å². The lowest BCUT2D eigenvalue weighted by Crippen LogP contribution is -2.39. The maximum absolute atomic E-state index is 12.0. The van der Waals surface area contributed by atoms with Gasteiger partial charge in [-0.25, -0.2) is 4.79 Å². The van der Waals surface area contributed by atoms with Gasteiger partial charge in [0.2, 0.25) is 0 Å². The number of anilines is 1.